The molecule has 0 atom stereocenters. The number of thioether (sulfide) groups is 1. The van der Waals surface area contributed by atoms with Crippen LogP contribution in [0.25, 0.3) is 10.2 Å². The van der Waals surface area contributed by atoms with Crippen LogP contribution in [0.5, 0.6) is 0 Å². The lowest BCUT2D eigenvalue weighted by Gasteiger charge is -2.05. The van der Waals surface area contributed by atoms with E-state index in [4.69, 9.17) is 6.42 Å². The van der Waals surface area contributed by atoms with E-state index in [0.29, 0.717) is 22.2 Å². The van der Waals surface area contributed by atoms with E-state index >= 15 is 0 Å². The van der Waals surface area contributed by atoms with Gasteiger partial charge in [-0.3, -0.25) is 4.79 Å². The molecule has 27 heavy (non-hydrogen) atoms. The second kappa shape index (κ2) is 8.16. The third-order valence-corrected chi connectivity index (χ3v) is 6.24. The summed E-state index contributed by atoms with van der Waals surface area (Å²) in [7, 11) is 0. The van der Waals surface area contributed by atoms with Crippen LogP contribution in [0.3, 0.4) is 0 Å². The molecule has 2 aromatic carbocycles. The Labute approximate surface area is 168 Å². The number of benzene rings is 2. The fourth-order valence-electron chi connectivity index (χ4n) is 2.78. The quantitative estimate of drug-likeness (QED) is 0.450. The Balaban J connectivity index is 2.08. The highest BCUT2D eigenvalue weighted by Crippen LogP contribution is 2.24. The molecular weight excluding hydrogens is 372 g/mol. The molecular formula is C22H22N2OS2. The van der Waals surface area contributed by atoms with Crippen LogP contribution >= 0.6 is 23.1 Å². The number of hydrogen-bond donors (Lipinski definition) is 0. The maximum atomic E-state index is 12.8. The van der Waals surface area contributed by atoms with Crippen molar-refractivity contribution in [2.45, 2.75) is 44.4 Å². The summed E-state index contributed by atoms with van der Waals surface area (Å²) < 4.78 is 3.03. The first-order chi connectivity index (χ1) is 12.9. The number of carbonyl (C=O) groups excluding carboxylic acids is 1. The number of aryl methyl sites for hydroxylation is 2. The molecule has 0 saturated heterocycles. The first-order valence-corrected chi connectivity index (χ1v) is 10.5. The molecule has 0 saturated carbocycles. The van der Waals surface area contributed by atoms with Gasteiger partial charge in [0.25, 0.3) is 5.91 Å². The second-order valence-electron chi connectivity index (χ2n) is 6.69. The number of hydrogen-bond acceptors (Lipinski definition) is 3. The van der Waals surface area contributed by atoms with Crippen molar-refractivity contribution < 1.29 is 4.79 Å². The minimum Gasteiger partial charge on any atom is -0.305 e. The summed E-state index contributed by atoms with van der Waals surface area (Å²) in [6.07, 6.45) is 5.56. The van der Waals surface area contributed by atoms with Crippen molar-refractivity contribution in [2.24, 2.45) is 4.99 Å². The molecule has 1 aromatic heterocycles. The van der Waals surface area contributed by atoms with Crippen LogP contribution in [-0.4, -0.2) is 15.7 Å². The molecule has 0 N–H and O–H groups in total. The number of thiazole rings is 1. The van der Waals surface area contributed by atoms with Crippen molar-refractivity contribution in [2.75, 3.05) is 0 Å². The summed E-state index contributed by atoms with van der Waals surface area (Å²) in [5.41, 5.74) is 4.03. The van der Waals surface area contributed by atoms with Gasteiger partial charge in [0.1, 0.15) is 0 Å². The molecule has 1 amide bonds. The van der Waals surface area contributed by atoms with Gasteiger partial charge in [0, 0.05) is 15.7 Å². The van der Waals surface area contributed by atoms with Crippen LogP contribution in [0.4, 0.5) is 0 Å². The zero-order valence-corrected chi connectivity index (χ0v) is 17.6. The van der Waals surface area contributed by atoms with E-state index in [-0.39, 0.29) is 5.91 Å². The number of rotatable bonds is 4. The predicted octanol–water partition coefficient (Wildman–Crippen LogP) is 5.19. The van der Waals surface area contributed by atoms with Gasteiger partial charge < -0.3 is 4.57 Å². The normalized spacial score (nSPS) is 11.9. The Kier molecular flexibility index (Phi) is 5.88. The summed E-state index contributed by atoms with van der Waals surface area (Å²) in [6, 6.07) is 11.9. The van der Waals surface area contributed by atoms with Gasteiger partial charge in [-0.25, -0.2) is 0 Å². The standard InChI is InChI=1S/C22H22N2OS2/c1-6-10-24-19-11-15(4)16(5)12-20(19)27-22(24)23-21(25)17-8-7-9-18(13-17)26-14(2)3/h1,7-9,11-14H,10H2,2-5H3. The highest BCUT2D eigenvalue weighted by molar-refractivity contribution is 7.99. The van der Waals surface area contributed by atoms with Gasteiger partial charge >= 0.3 is 0 Å². The molecule has 0 radical (unpaired) electrons. The smallest absolute Gasteiger partial charge is 0.279 e. The lowest BCUT2D eigenvalue weighted by molar-refractivity contribution is 0.0997. The van der Waals surface area contributed by atoms with Gasteiger partial charge in [-0.1, -0.05) is 37.2 Å². The van der Waals surface area contributed by atoms with E-state index in [0.717, 1.165) is 15.1 Å². The molecule has 1 heterocycles. The van der Waals surface area contributed by atoms with Crippen molar-refractivity contribution in [1.82, 2.24) is 4.57 Å². The van der Waals surface area contributed by atoms with Gasteiger partial charge in [0.2, 0.25) is 0 Å². The summed E-state index contributed by atoms with van der Waals surface area (Å²) in [5.74, 6) is 2.43. The number of nitrogens with zero attached hydrogens (tertiary/aromatic N) is 2. The molecule has 3 nitrogen and oxygen atoms in total. The average molecular weight is 395 g/mol. The van der Waals surface area contributed by atoms with E-state index in [1.54, 1.807) is 11.8 Å². The van der Waals surface area contributed by atoms with Crippen LogP contribution in [-0.2, 0) is 6.54 Å². The maximum absolute atomic E-state index is 12.8. The van der Waals surface area contributed by atoms with Crippen molar-refractivity contribution in [3.05, 3.63) is 57.9 Å². The largest absolute Gasteiger partial charge is 0.305 e. The molecule has 3 aromatic rings. The summed E-state index contributed by atoms with van der Waals surface area (Å²) >= 11 is 3.23. The Morgan fingerprint density at radius 3 is 2.70 bits per heavy atom. The molecule has 0 bridgehead atoms. The number of carbonyl (C=O) groups is 1. The van der Waals surface area contributed by atoms with Crippen LogP contribution in [0.1, 0.15) is 35.3 Å². The van der Waals surface area contributed by atoms with E-state index in [1.807, 2.05) is 28.8 Å². The summed E-state index contributed by atoms with van der Waals surface area (Å²) in [4.78, 5) is 18.9. The van der Waals surface area contributed by atoms with E-state index in [1.165, 1.54) is 22.5 Å². The fourth-order valence-corrected chi connectivity index (χ4v) is 4.78. The minimum absolute atomic E-state index is 0.244. The average Bonchev–Trinajstić information content (AvgIpc) is 2.92. The van der Waals surface area contributed by atoms with Gasteiger partial charge in [-0.2, -0.15) is 4.99 Å². The lowest BCUT2D eigenvalue weighted by Crippen LogP contribution is -2.16. The third-order valence-electron chi connectivity index (χ3n) is 4.20. The molecule has 0 aliphatic carbocycles. The minimum atomic E-state index is -0.244. The fraction of sp³-hybridized carbons (Fsp3) is 0.273. The number of amides is 1. The third kappa shape index (κ3) is 4.35. The van der Waals surface area contributed by atoms with Crippen molar-refractivity contribution >= 4 is 39.2 Å². The highest BCUT2D eigenvalue weighted by atomic mass is 32.2. The van der Waals surface area contributed by atoms with Gasteiger partial charge in [-0.05, 0) is 55.3 Å². The van der Waals surface area contributed by atoms with Crippen LogP contribution in [0.15, 0.2) is 46.3 Å². The lowest BCUT2D eigenvalue weighted by atomic mass is 10.1. The number of aromatic nitrogens is 1. The number of fused-ring (bicyclic) bond motifs is 1. The molecule has 3 rings (SSSR count). The summed E-state index contributed by atoms with van der Waals surface area (Å²) in [6.45, 7) is 8.81. The second-order valence-corrected chi connectivity index (χ2v) is 9.35. The van der Waals surface area contributed by atoms with Gasteiger partial charge in [0.05, 0.1) is 16.8 Å². The summed E-state index contributed by atoms with van der Waals surface area (Å²) in [5, 5.41) is 0.458. The van der Waals surface area contributed by atoms with E-state index in [2.05, 4.69) is 50.7 Å². The maximum Gasteiger partial charge on any atom is 0.279 e. The molecule has 5 heteroatoms. The monoisotopic (exact) mass is 394 g/mol. The Bertz CT molecular complexity index is 1110. The first-order valence-electron chi connectivity index (χ1n) is 8.79. The molecule has 0 spiro atoms. The first kappa shape index (κ1) is 19.5. The zero-order valence-electron chi connectivity index (χ0n) is 15.9. The molecule has 0 fully saturated rings. The van der Waals surface area contributed by atoms with Crippen LogP contribution in [0.2, 0.25) is 0 Å². The van der Waals surface area contributed by atoms with Gasteiger partial charge in [-0.15, -0.1) is 18.2 Å². The Hall–Kier alpha value is -2.29. The van der Waals surface area contributed by atoms with Crippen LogP contribution in [0, 0.1) is 26.2 Å². The molecule has 0 aliphatic rings. The Morgan fingerprint density at radius 2 is 2.00 bits per heavy atom. The molecule has 0 aliphatic heterocycles. The van der Waals surface area contributed by atoms with Gasteiger partial charge in [0.15, 0.2) is 4.80 Å². The van der Waals surface area contributed by atoms with Crippen molar-refractivity contribution in [3.8, 4) is 12.3 Å². The Morgan fingerprint density at radius 1 is 1.26 bits per heavy atom. The highest BCUT2D eigenvalue weighted by Gasteiger charge is 2.11. The zero-order chi connectivity index (χ0) is 19.6. The molecule has 0 unspecified atom stereocenters. The SMILES string of the molecule is C#CCn1c(=NC(=O)c2cccc(SC(C)C)c2)sc2cc(C)c(C)cc21. The predicted molar refractivity (Wildman–Crippen MR) is 115 cm³/mol. The van der Waals surface area contributed by atoms with E-state index < -0.39 is 0 Å². The van der Waals surface area contributed by atoms with Crippen molar-refractivity contribution in [1.29, 1.82) is 0 Å². The van der Waals surface area contributed by atoms with Crippen LogP contribution < -0.4 is 4.80 Å². The number of terminal acetylenes is 1. The van der Waals surface area contributed by atoms with E-state index in [9.17, 15) is 4.79 Å². The topological polar surface area (TPSA) is 34.4 Å². The van der Waals surface area contributed by atoms with Crippen molar-refractivity contribution in [3.63, 3.8) is 0 Å². The molecule has 138 valence electrons.